The number of nitrogens with one attached hydrogen (secondary N) is 2. The highest BCUT2D eigenvalue weighted by atomic mass is 16.3. The minimum atomic E-state index is -0.551. The summed E-state index contributed by atoms with van der Waals surface area (Å²) in [4.78, 5) is 11.4. The van der Waals surface area contributed by atoms with Crippen LogP contribution in [0.3, 0.4) is 0 Å². The third-order valence-electron chi connectivity index (χ3n) is 3.47. The Bertz CT molecular complexity index is 246. The molecule has 0 bridgehead atoms. The zero-order valence-corrected chi connectivity index (χ0v) is 11.8. The molecule has 0 saturated heterocycles. The number of carbonyl (C=O) groups excluding carboxylic acids is 1. The van der Waals surface area contributed by atoms with E-state index in [2.05, 4.69) is 10.6 Å². The van der Waals surface area contributed by atoms with E-state index in [9.17, 15) is 9.90 Å². The molecule has 1 fully saturated rings. The van der Waals surface area contributed by atoms with E-state index in [1.165, 1.54) is 12.8 Å². The Balaban J connectivity index is 2.14. The first-order valence-corrected chi connectivity index (χ1v) is 7.24. The van der Waals surface area contributed by atoms with Crippen molar-refractivity contribution in [2.45, 2.75) is 70.4 Å². The van der Waals surface area contributed by atoms with Gasteiger partial charge >= 0.3 is 0 Å². The maximum absolute atomic E-state index is 11.4. The van der Waals surface area contributed by atoms with Gasteiger partial charge in [0.1, 0.15) is 0 Å². The summed E-state index contributed by atoms with van der Waals surface area (Å²) in [5.74, 6) is 0.0744. The fourth-order valence-electron chi connectivity index (χ4n) is 2.48. The molecule has 3 N–H and O–H groups in total. The van der Waals surface area contributed by atoms with E-state index in [4.69, 9.17) is 0 Å². The minimum Gasteiger partial charge on any atom is -0.389 e. The summed E-state index contributed by atoms with van der Waals surface area (Å²) in [6, 6.07) is 0.198. The van der Waals surface area contributed by atoms with Gasteiger partial charge in [-0.1, -0.05) is 25.7 Å². The Hall–Kier alpha value is -0.610. The van der Waals surface area contributed by atoms with E-state index < -0.39 is 5.60 Å². The molecule has 0 spiro atoms. The molecule has 4 nitrogen and oxygen atoms in total. The maximum atomic E-state index is 11.4. The molecule has 0 radical (unpaired) electrons. The zero-order valence-electron chi connectivity index (χ0n) is 11.8. The molecule has 0 atom stereocenters. The Morgan fingerprint density at radius 1 is 1.22 bits per heavy atom. The van der Waals surface area contributed by atoms with Crippen LogP contribution in [-0.2, 0) is 4.79 Å². The van der Waals surface area contributed by atoms with Crippen LogP contribution in [0.1, 0.15) is 58.8 Å². The molecular weight excluding hydrogens is 228 g/mol. The van der Waals surface area contributed by atoms with E-state index in [-0.39, 0.29) is 11.9 Å². The number of aliphatic hydroxyl groups is 1. The molecule has 0 unspecified atom stereocenters. The van der Waals surface area contributed by atoms with Crippen LogP contribution in [0.15, 0.2) is 0 Å². The molecule has 1 amide bonds. The van der Waals surface area contributed by atoms with Gasteiger partial charge in [-0.3, -0.25) is 4.79 Å². The van der Waals surface area contributed by atoms with Crippen LogP contribution in [0, 0.1) is 0 Å². The molecule has 18 heavy (non-hydrogen) atoms. The second-order valence-corrected chi connectivity index (χ2v) is 5.79. The molecule has 1 aliphatic carbocycles. The van der Waals surface area contributed by atoms with Crippen molar-refractivity contribution in [1.82, 2.24) is 10.6 Å². The molecule has 0 aromatic rings. The van der Waals surface area contributed by atoms with Crippen molar-refractivity contribution < 1.29 is 9.90 Å². The Labute approximate surface area is 111 Å². The van der Waals surface area contributed by atoms with Crippen molar-refractivity contribution in [2.75, 3.05) is 13.1 Å². The lowest BCUT2D eigenvalue weighted by atomic mass is 9.94. The van der Waals surface area contributed by atoms with Crippen LogP contribution in [0.2, 0.25) is 0 Å². The largest absolute Gasteiger partial charge is 0.389 e. The van der Waals surface area contributed by atoms with Crippen LogP contribution in [-0.4, -0.2) is 35.7 Å². The third-order valence-corrected chi connectivity index (χ3v) is 3.47. The smallest absolute Gasteiger partial charge is 0.221 e. The fraction of sp³-hybridized carbons (Fsp3) is 0.929. The molecular formula is C14H28N2O2. The van der Waals surface area contributed by atoms with Crippen molar-refractivity contribution in [3.8, 4) is 0 Å². The second kappa shape index (κ2) is 7.74. The number of amides is 1. The van der Waals surface area contributed by atoms with E-state index >= 15 is 0 Å². The molecule has 0 aromatic carbocycles. The summed E-state index contributed by atoms with van der Waals surface area (Å²) in [6.45, 7) is 5.17. The quantitative estimate of drug-likeness (QED) is 0.499. The molecule has 4 heteroatoms. The summed E-state index contributed by atoms with van der Waals surface area (Å²) in [6.07, 6.45) is 6.96. The first kappa shape index (κ1) is 15.4. The van der Waals surface area contributed by atoms with Crippen LogP contribution in [0.25, 0.3) is 0 Å². The van der Waals surface area contributed by atoms with Gasteiger partial charge in [-0.25, -0.2) is 0 Å². The molecule has 0 aliphatic heterocycles. The van der Waals surface area contributed by atoms with E-state index in [1.54, 1.807) is 0 Å². The summed E-state index contributed by atoms with van der Waals surface area (Å²) in [7, 11) is 0. The summed E-state index contributed by atoms with van der Waals surface area (Å²) >= 11 is 0. The van der Waals surface area contributed by atoms with Gasteiger partial charge in [-0.2, -0.15) is 0 Å². The van der Waals surface area contributed by atoms with E-state index in [0.717, 1.165) is 25.7 Å². The second-order valence-electron chi connectivity index (χ2n) is 5.79. The highest BCUT2D eigenvalue weighted by molar-refractivity contribution is 5.76. The van der Waals surface area contributed by atoms with Crippen LogP contribution in [0.4, 0.5) is 0 Å². The van der Waals surface area contributed by atoms with Gasteiger partial charge in [0, 0.05) is 25.6 Å². The lowest BCUT2D eigenvalue weighted by molar-refractivity contribution is -0.121. The van der Waals surface area contributed by atoms with Crippen LogP contribution >= 0.6 is 0 Å². The lowest BCUT2D eigenvalue weighted by Crippen LogP contribution is -2.41. The molecule has 1 rings (SSSR count). The van der Waals surface area contributed by atoms with Crippen molar-refractivity contribution in [1.29, 1.82) is 0 Å². The van der Waals surface area contributed by atoms with Gasteiger partial charge in [0.2, 0.25) is 5.91 Å². The predicted molar refractivity (Wildman–Crippen MR) is 73.4 cm³/mol. The Morgan fingerprint density at radius 3 is 2.39 bits per heavy atom. The van der Waals surface area contributed by atoms with Gasteiger partial charge in [0.05, 0.1) is 5.60 Å². The highest BCUT2D eigenvalue weighted by Gasteiger charge is 2.27. The Kier molecular flexibility index (Phi) is 6.65. The summed E-state index contributed by atoms with van der Waals surface area (Å²) in [5, 5.41) is 16.5. The molecule has 106 valence electrons. The fourth-order valence-corrected chi connectivity index (χ4v) is 2.48. The molecule has 0 heterocycles. The molecule has 1 aliphatic rings. The predicted octanol–water partition coefficient (Wildman–Crippen LogP) is 1.58. The van der Waals surface area contributed by atoms with E-state index in [0.29, 0.717) is 19.5 Å². The maximum Gasteiger partial charge on any atom is 0.221 e. The monoisotopic (exact) mass is 256 g/mol. The average molecular weight is 256 g/mol. The zero-order chi connectivity index (χ0) is 13.4. The van der Waals surface area contributed by atoms with Gasteiger partial charge in [-0.15, -0.1) is 0 Å². The van der Waals surface area contributed by atoms with Crippen molar-refractivity contribution >= 4 is 5.91 Å². The normalized spacial score (nSPS) is 19.6. The van der Waals surface area contributed by atoms with Gasteiger partial charge in [-0.05, 0) is 26.7 Å². The standard InChI is InChI=1S/C14H28N2O2/c1-12(2)16-13(17)7-10-15-11-14(18)8-5-3-4-6-9-14/h12,15,18H,3-11H2,1-2H3,(H,16,17). The van der Waals surface area contributed by atoms with Crippen molar-refractivity contribution in [3.63, 3.8) is 0 Å². The van der Waals surface area contributed by atoms with Crippen LogP contribution in [0.5, 0.6) is 0 Å². The van der Waals surface area contributed by atoms with Crippen molar-refractivity contribution in [2.24, 2.45) is 0 Å². The number of hydrogen-bond donors (Lipinski definition) is 3. The molecule has 1 saturated carbocycles. The number of hydrogen-bond acceptors (Lipinski definition) is 3. The lowest BCUT2D eigenvalue weighted by Gasteiger charge is -2.26. The van der Waals surface area contributed by atoms with E-state index in [1.807, 2.05) is 13.8 Å². The minimum absolute atomic E-state index is 0.0744. The SMILES string of the molecule is CC(C)NC(=O)CCNCC1(O)CCCCCC1. The number of carbonyl (C=O) groups is 1. The van der Waals surface area contributed by atoms with Crippen molar-refractivity contribution in [3.05, 3.63) is 0 Å². The molecule has 0 aromatic heterocycles. The highest BCUT2D eigenvalue weighted by Crippen LogP contribution is 2.26. The van der Waals surface area contributed by atoms with Crippen LogP contribution < -0.4 is 10.6 Å². The third kappa shape index (κ3) is 6.36. The number of rotatable bonds is 6. The first-order valence-electron chi connectivity index (χ1n) is 7.24. The van der Waals surface area contributed by atoms with Gasteiger partial charge in [0.15, 0.2) is 0 Å². The topological polar surface area (TPSA) is 61.4 Å². The first-order chi connectivity index (χ1) is 8.52. The van der Waals surface area contributed by atoms with Gasteiger partial charge < -0.3 is 15.7 Å². The Morgan fingerprint density at radius 2 is 1.83 bits per heavy atom. The van der Waals surface area contributed by atoms with Gasteiger partial charge in [0.25, 0.3) is 0 Å². The summed E-state index contributed by atoms with van der Waals surface area (Å²) < 4.78 is 0. The summed E-state index contributed by atoms with van der Waals surface area (Å²) in [5.41, 5.74) is -0.551. The average Bonchev–Trinajstić information content (AvgIpc) is 2.49.